The highest BCUT2D eigenvalue weighted by molar-refractivity contribution is 6.36. The van der Waals surface area contributed by atoms with E-state index in [1.165, 1.54) is 0 Å². The summed E-state index contributed by atoms with van der Waals surface area (Å²) in [5.41, 5.74) is 6.52. The number of amides is 1. The minimum Gasteiger partial charge on any atom is -0.354 e. The Labute approximate surface area is 124 Å². The number of nitrogens with two attached hydrogens (primary N) is 1. The van der Waals surface area contributed by atoms with Gasteiger partial charge in [-0.3, -0.25) is 4.79 Å². The fourth-order valence-electron chi connectivity index (χ4n) is 1.91. The molecule has 0 unspecified atom stereocenters. The molecule has 19 heavy (non-hydrogen) atoms. The van der Waals surface area contributed by atoms with Crippen LogP contribution in [0.4, 0.5) is 0 Å². The summed E-state index contributed by atoms with van der Waals surface area (Å²) in [5.74, 6) is -0.503. The Kier molecular flexibility index (Phi) is 6.63. The van der Waals surface area contributed by atoms with Crippen molar-refractivity contribution in [2.75, 3.05) is 6.54 Å². The van der Waals surface area contributed by atoms with Crippen LogP contribution in [0.3, 0.4) is 0 Å². The molecule has 1 amide bonds. The van der Waals surface area contributed by atoms with Gasteiger partial charge in [0.15, 0.2) is 0 Å². The first-order valence-electron chi connectivity index (χ1n) is 6.44. The van der Waals surface area contributed by atoms with Crippen molar-refractivity contribution in [3.63, 3.8) is 0 Å². The number of hydrogen-bond donors (Lipinski definition) is 2. The Morgan fingerprint density at radius 1 is 1.37 bits per heavy atom. The average molecular weight is 303 g/mol. The summed E-state index contributed by atoms with van der Waals surface area (Å²) in [6.45, 7) is 4.32. The molecular formula is C14H20Cl2N2O. The molecule has 5 heteroatoms. The first-order valence-corrected chi connectivity index (χ1v) is 7.20. The molecule has 0 bridgehead atoms. The van der Waals surface area contributed by atoms with E-state index in [0.29, 0.717) is 22.2 Å². The van der Waals surface area contributed by atoms with Crippen molar-refractivity contribution >= 4 is 29.1 Å². The van der Waals surface area contributed by atoms with Crippen LogP contribution in [0.25, 0.3) is 0 Å². The normalized spacial score (nSPS) is 13.9. The van der Waals surface area contributed by atoms with Gasteiger partial charge in [0.05, 0.1) is 5.92 Å². The minimum absolute atomic E-state index is 0.0112. The van der Waals surface area contributed by atoms with E-state index in [9.17, 15) is 4.79 Å². The molecule has 0 aromatic heterocycles. The summed E-state index contributed by atoms with van der Waals surface area (Å²) in [5, 5.41) is 3.85. The highest BCUT2D eigenvalue weighted by Gasteiger charge is 2.20. The smallest absolute Gasteiger partial charge is 0.227 e. The summed E-state index contributed by atoms with van der Waals surface area (Å²) in [6, 6.07) is 5.21. The zero-order chi connectivity index (χ0) is 14.4. The third-order valence-electron chi connectivity index (χ3n) is 3.02. The lowest BCUT2D eigenvalue weighted by Gasteiger charge is -2.17. The molecule has 0 saturated carbocycles. The number of hydrogen-bond acceptors (Lipinski definition) is 2. The Morgan fingerprint density at radius 3 is 2.47 bits per heavy atom. The summed E-state index contributed by atoms with van der Waals surface area (Å²) in [6.07, 6.45) is 1.89. The molecule has 106 valence electrons. The predicted molar refractivity (Wildman–Crippen MR) is 80.8 cm³/mol. The molecular weight excluding hydrogens is 283 g/mol. The molecule has 1 rings (SSSR count). The second-order valence-electron chi connectivity index (χ2n) is 4.65. The maximum absolute atomic E-state index is 12.1. The van der Waals surface area contributed by atoms with Crippen LogP contribution in [0.1, 0.15) is 38.2 Å². The van der Waals surface area contributed by atoms with Gasteiger partial charge in [-0.1, -0.05) is 42.6 Å². The molecule has 2 atom stereocenters. The van der Waals surface area contributed by atoms with E-state index in [1.807, 2.05) is 0 Å². The van der Waals surface area contributed by atoms with E-state index in [0.717, 1.165) is 12.8 Å². The van der Waals surface area contributed by atoms with Crippen LogP contribution >= 0.6 is 23.2 Å². The number of halogens is 2. The predicted octanol–water partition coefficient (Wildman–Crippen LogP) is 3.34. The molecule has 0 heterocycles. The van der Waals surface area contributed by atoms with Gasteiger partial charge in [-0.25, -0.2) is 0 Å². The number of benzene rings is 1. The fourth-order valence-corrected chi connectivity index (χ4v) is 2.64. The quantitative estimate of drug-likeness (QED) is 0.847. The van der Waals surface area contributed by atoms with Gasteiger partial charge in [0.25, 0.3) is 0 Å². The van der Waals surface area contributed by atoms with E-state index in [1.54, 1.807) is 25.1 Å². The van der Waals surface area contributed by atoms with E-state index in [4.69, 9.17) is 28.9 Å². The average Bonchev–Trinajstić information content (AvgIpc) is 2.36. The van der Waals surface area contributed by atoms with Crippen molar-refractivity contribution in [3.05, 3.63) is 33.8 Å². The molecule has 3 N–H and O–H groups in total. The van der Waals surface area contributed by atoms with Crippen LogP contribution in [0.2, 0.25) is 10.0 Å². The lowest BCUT2D eigenvalue weighted by Crippen LogP contribution is -2.38. The standard InChI is InChI=1S/C14H20Cl2N2O/c1-3-5-10(17)8-18-14(19)9(2)13-11(15)6-4-7-12(13)16/h4,6-7,9-10H,3,5,8,17H2,1-2H3,(H,18,19)/t9-,10+/m0/s1. The molecule has 0 aliphatic carbocycles. The Morgan fingerprint density at radius 2 is 1.95 bits per heavy atom. The molecule has 0 radical (unpaired) electrons. The second kappa shape index (κ2) is 7.73. The van der Waals surface area contributed by atoms with E-state index < -0.39 is 5.92 Å². The third kappa shape index (κ3) is 4.68. The van der Waals surface area contributed by atoms with Crippen LogP contribution in [0, 0.1) is 0 Å². The Balaban J connectivity index is 2.67. The molecule has 0 aliphatic rings. The van der Waals surface area contributed by atoms with Crippen molar-refractivity contribution in [1.82, 2.24) is 5.32 Å². The van der Waals surface area contributed by atoms with Crippen molar-refractivity contribution in [2.45, 2.75) is 38.6 Å². The van der Waals surface area contributed by atoms with Gasteiger partial charge in [0.2, 0.25) is 5.91 Å². The van der Waals surface area contributed by atoms with Gasteiger partial charge in [0.1, 0.15) is 0 Å². The topological polar surface area (TPSA) is 55.1 Å². The molecule has 0 spiro atoms. The highest BCUT2D eigenvalue weighted by atomic mass is 35.5. The number of rotatable bonds is 6. The summed E-state index contributed by atoms with van der Waals surface area (Å²) in [4.78, 5) is 12.1. The van der Waals surface area contributed by atoms with Crippen LogP contribution < -0.4 is 11.1 Å². The van der Waals surface area contributed by atoms with Crippen LogP contribution in [-0.4, -0.2) is 18.5 Å². The maximum Gasteiger partial charge on any atom is 0.227 e. The SMILES string of the molecule is CCC[C@@H](N)CNC(=O)[C@@H](C)c1c(Cl)cccc1Cl. The van der Waals surface area contributed by atoms with E-state index in [2.05, 4.69) is 12.2 Å². The fraction of sp³-hybridized carbons (Fsp3) is 0.500. The van der Waals surface area contributed by atoms with Gasteiger partial charge < -0.3 is 11.1 Å². The zero-order valence-electron chi connectivity index (χ0n) is 11.2. The molecule has 0 fully saturated rings. The number of carbonyl (C=O) groups is 1. The highest BCUT2D eigenvalue weighted by Crippen LogP contribution is 2.31. The Bertz CT molecular complexity index is 417. The maximum atomic E-state index is 12.1. The third-order valence-corrected chi connectivity index (χ3v) is 3.68. The molecule has 1 aromatic carbocycles. The van der Waals surface area contributed by atoms with Crippen LogP contribution in [-0.2, 0) is 4.79 Å². The minimum atomic E-state index is -0.393. The first-order chi connectivity index (χ1) is 8.97. The molecule has 3 nitrogen and oxygen atoms in total. The summed E-state index contributed by atoms with van der Waals surface area (Å²) >= 11 is 12.2. The molecule has 0 saturated heterocycles. The number of carbonyl (C=O) groups excluding carboxylic acids is 1. The molecule has 0 aliphatic heterocycles. The number of nitrogens with one attached hydrogen (secondary N) is 1. The summed E-state index contributed by atoms with van der Waals surface area (Å²) < 4.78 is 0. The van der Waals surface area contributed by atoms with Crippen molar-refractivity contribution in [2.24, 2.45) is 5.73 Å². The van der Waals surface area contributed by atoms with E-state index >= 15 is 0 Å². The molecule has 1 aromatic rings. The second-order valence-corrected chi connectivity index (χ2v) is 5.47. The summed E-state index contributed by atoms with van der Waals surface area (Å²) in [7, 11) is 0. The van der Waals surface area contributed by atoms with Crippen LogP contribution in [0.15, 0.2) is 18.2 Å². The van der Waals surface area contributed by atoms with E-state index in [-0.39, 0.29) is 11.9 Å². The van der Waals surface area contributed by atoms with Crippen molar-refractivity contribution in [3.8, 4) is 0 Å². The van der Waals surface area contributed by atoms with Gasteiger partial charge >= 0.3 is 0 Å². The zero-order valence-corrected chi connectivity index (χ0v) is 12.8. The van der Waals surface area contributed by atoms with Crippen molar-refractivity contribution < 1.29 is 4.79 Å². The monoisotopic (exact) mass is 302 g/mol. The van der Waals surface area contributed by atoms with Gasteiger partial charge in [-0.05, 0) is 25.5 Å². The van der Waals surface area contributed by atoms with Crippen LogP contribution in [0.5, 0.6) is 0 Å². The van der Waals surface area contributed by atoms with Gasteiger partial charge in [0, 0.05) is 28.2 Å². The Hall–Kier alpha value is -0.770. The van der Waals surface area contributed by atoms with Gasteiger partial charge in [-0.15, -0.1) is 0 Å². The largest absolute Gasteiger partial charge is 0.354 e. The van der Waals surface area contributed by atoms with Gasteiger partial charge in [-0.2, -0.15) is 0 Å². The lowest BCUT2D eigenvalue weighted by atomic mass is 10.00. The van der Waals surface area contributed by atoms with Crippen molar-refractivity contribution in [1.29, 1.82) is 0 Å². The lowest BCUT2D eigenvalue weighted by molar-refractivity contribution is -0.122. The first kappa shape index (κ1) is 16.3.